The maximum atomic E-state index is 8.99. The molecular weight excluding hydrogens is 177 g/mol. The molecule has 0 saturated heterocycles. The molecule has 0 atom stereocenters. The minimum Gasteiger partial charge on any atom is -0.423 e. The normalized spacial score (nSPS) is 14.9. The summed E-state index contributed by atoms with van der Waals surface area (Å²) in [6.45, 7) is 0. The third kappa shape index (κ3) is 1.65. The number of hydrogen-bond acceptors (Lipinski definition) is 3. The molecule has 3 nitrogen and oxygen atoms in total. The highest BCUT2D eigenvalue weighted by Crippen LogP contribution is 2.39. The first kappa shape index (κ1) is 9.26. The molecule has 2 rings (SSSR count). The standard InChI is InChI=1S/C10H10BNO2/c12-6-9-5-8(7-1-2-7)3-4-10(9)11(13)14/h3-5,7,13-14H,1-2H2. The zero-order valence-corrected chi connectivity index (χ0v) is 7.64. The van der Waals surface area contributed by atoms with E-state index in [-0.39, 0.29) is 5.46 Å². The van der Waals surface area contributed by atoms with Gasteiger partial charge in [-0.1, -0.05) is 12.1 Å². The molecule has 1 aromatic carbocycles. The molecule has 2 N–H and O–H groups in total. The van der Waals surface area contributed by atoms with Crippen molar-refractivity contribution in [2.75, 3.05) is 0 Å². The Kier molecular flexibility index (Phi) is 2.28. The summed E-state index contributed by atoms with van der Waals surface area (Å²) in [6.07, 6.45) is 2.35. The Bertz CT molecular complexity index is 394. The van der Waals surface area contributed by atoms with Crippen molar-refractivity contribution >= 4 is 12.6 Å². The number of nitrogens with zero attached hydrogens (tertiary/aromatic N) is 1. The molecule has 0 aromatic heterocycles. The highest BCUT2D eigenvalue weighted by Gasteiger charge is 2.25. The molecule has 1 saturated carbocycles. The third-order valence-electron chi connectivity index (χ3n) is 2.52. The molecule has 0 aliphatic heterocycles. The quantitative estimate of drug-likeness (QED) is 0.646. The van der Waals surface area contributed by atoms with Gasteiger partial charge in [0.25, 0.3) is 0 Å². The van der Waals surface area contributed by atoms with Crippen molar-refractivity contribution in [3.05, 3.63) is 29.3 Å². The van der Waals surface area contributed by atoms with Crippen LogP contribution in [0.2, 0.25) is 0 Å². The highest BCUT2D eigenvalue weighted by atomic mass is 16.4. The van der Waals surface area contributed by atoms with E-state index < -0.39 is 7.12 Å². The maximum Gasteiger partial charge on any atom is 0.489 e. The minimum atomic E-state index is -1.56. The van der Waals surface area contributed by atoms with Crippen molar-refractivity contribution in [1.82, 2.24) is 0 Å². The molecule has 4 heteroatoms. The maximum absolute atomic E-state index is 8.99. The summed E-state index contributed by atoms with van der Waals surface area (Å²) in [5, 5.41) is 26.8. The molecule has 0 unspecified atom stereocenters. The van der Waals surface area contributed by atoms with Crippen molar-refractivity contribution in [2.45, 2.75) is 18.8 Å². The van der Waals surface area contributed by atoms with E-state index in [1.54, 1.807) is 12.1 Å². The molecule has 1 aromatic rings. The van der Waals surface area contributed by atoms with Crippen LogP contribution in [0.3, 0.4) is 0 Å². The molecule has 14 heavy (non-hydrogen) atoms. The van der Waals surface area contributed by atoms with Crippen LogP contribution in [0.4, 0.5) is 0 Å². The van der Waals surface area contributed by atoms with Gasteiger partial charge < -0.3 is 10.0 Å². The molecule has 1 aliphatic rings. The lowest BCUT2D eigenvalue weighted by atomic mass is 9.76. The van der Waals surface area contributed by atoms with E-state index in [0.29, 0.717) is 11.5 Å². The lowest BCUT2D eigenvalue weighted by Crippen LogP contribution is -2.32. The summed E-state index contributed by atoms with van der Waals surface area (Å²) in [6, 6.07) is 7.23. The van der Waals surface area contributed by atoms with Gasteiger partial charge in [0.1, 0.15) is 0 Å². The molecule has 0 spiro atoms. The zero-order chi connectivity index (χ0) is 10.1. The van der Waals surface area contributed by atoms with Gasteiger partial charge in [-0.15, -0.1) is 0 Å². The Morgan fingerprint density at radius 3 is 2.57 bits per heavy atom. The van der Waals surface area contributed by atoms with Gasteiger partial charge in [-0.25, -0.2) is 0 Å². The number of benzene rings is 1. The van der Waals surface area contributed by atoms with E-state index in [4.69, 9.17) is 15.3 Å². The summed E-state index contributed by atoms with van der Waals surface area (Å²) < 4.78 is 0. The van der Waals surface area contributed by atoms with Crippen LogP contribution in [0.1, 0.15) is 29.9 Å². The van der Waals surface area contributed by atoms with E-state index in [1.165, 1.54) is 12.8 Å². The van der Waals surface area contributed by atoms with Crippen LogP contribution < -0.4 is 5.46 Å². The van der Waals surface area contributed by atoms with Gasteiger partial charge in [-0.2, -0.15) is 5.26 Å². The van der Waals surface area contributed by atoms with E-state index in [1.807, 2.05) is 12.1 Å². The van der Waals surface area contributed by atoms with Gasteiger partial charge in [0, 0.05) is 0 Å². The first-order chi connectivity index (χ1) is 6.72. The average Bonchev–Trinajstić information content (AvgIpc) is 3.00. The molecule has 1 aliphatic carbocycles. The van der Waals surface area contributed by atoms with Crippen LogP contribution in [-0.4, -0.2) is 17.2 Å². The van der Waals surface area contributed by atoms with Crippen molar-refractivity contribution in [1.29, 1.82) is 5.26 Å². The fourth-order valence-electron chi connectivity index (χ4n) is 1.57. The van der Waals surface area contributed by atoms with Crippen molar-refractivity contribution in [3.63, 3.8) is 0 Å². The van der Waals surface area contributed by atoms with E-state index >= 15 is 0 Å². The molecule has 0 bridgehead atoms. The van der Waals surface area contributed by atoms with E-state index in [2.05, 4.69) is 0 Å². The molecular formula is C10H10BNO2. The molecule has 0 radical (unpaired) electrons. The summed E-state index contributed by atoms with van der Waals surface area (Å²) in [5.41, 5.74) is 1.78. The summed E-state index contributed by atoms with van der Waals surface area (Å²) in [7, 11) is -1.56. The van der Waals surface area contributed by atoms with E-state index in [0.717, 1.165) is 5.56 Å². The third-order valence-corrected chi connectivity index (χ3v) is 2.52. The fraction of sp³-hybridized carbons (Fsp3) is 0.300. The number of hydrogen-bond donors (Lipinski definition) is 2. The Hall–Kier alpha value is -1.31. The second-order valence-electron chi connectivity index (χ2n) is 3.61. The van der Waals surface area contributed by atoms with E-state index in [9.17, 15) is 0 Å². The largest absolute Gasteiger partial charge is 0.489 e. The predicted molar refractivity (Wildman–Crippen MR) is 53.0 cm³/mol. The lowest BCUT2D eigenvalue weighted by molar-refractivity contribution is 0.425. The highest BCUT2D eigenvalue weighted by molar-refractivity contribution is 6.59. The Balaban J connectivity index is 2.40. The first-order valence-electron chi connectivity index (χ1n) is 4.62. The summed E-state index contributed by atoms with van der Waals surface area (Å²) in [5.74, 6) is 0.576. The molecule has 0 amide bonds. The SMILES string of the molecule is N#Cc1cc(C2CC2)ccc1B(O)O. The second kappa shape index (κ2) is 3.45. The second-order valence-corrected chi connectivity index (χ2v) is 3.61. The monoisotopic (exact) mass is 187 g/mol. The predicted octanol–water partition coefficient (Wildman–Crippen LogP) is 0.115. The van der Waals surface area contributed by atoms with Crippen molar-refractivity contribution < 1.29 is 10.0 Å². The van der Waals surface area contributed by atoms with Gasteiger partial charge in [0.15, 0.2) is 0 Å². The topological polar surface area (TPSA) is 64.2 Å². The molecule has 70 valence electrons. The van der Waals surface area contributed by atoms with Crippen LogP contribution in [0.5, 0.6) is 0 Å². The smallest absolute Gasteiger partial charge is 0.423 e. The summed E-state index contributed by atoms with van der Waals surface area (Å²) >= 11 is 0. The van der Waals surface area contributed by atoms with Gasteiger partial charge in [0.05, 0.1) is 11.6 Å². The fourth-order valence-corrected chi connectivity index (χ4v) is 1.57. The molecule has 0 heterocycles. The Labute approximate surface area is 82.8 Å². The lowest BCUT2D eigenvalue weighted by Gasteiger charge is -2.04. The Morgan fingerprint density at radius 2 is 2.07 bits per heavy atom. The van der Waals surface area contributed by atoms with Crippen molar-refractivity contribution in [2.24, 2.45) is 0 Å². The number of rotatable bonds is 2. The van der Waals surface area contributed by atoms with Gasteiger partial charge >= 0.3 is 7.12 Å². The van der Waals surface area contributed by atoms with Crippen LogP contribution >= 0.6 is 0 Å². The number of nitriles is 1. The molecule has 1 fully saturated rings. The first-order valence-corrected chi connectivity index (χ1v) is 4.62. The van der Waals surface area contributed by atoms with Crippen LogP contribution in [0, 0.1) is 11.3 Å². The Morgan fingerprint density at radius 1 is 1.36 bits per heavy atom. The van der Waals surface area contributed by atoms with Crippen molar-refractivity contribution in [3.8, 4) is 6.07 Å². The van der Waals surface area contributed by atoms with Crippen LogP contribution in [-0.2, 0) is 0 Å². The minimum absolute atomic E-state index is 0.289. The summed E-state index contributed by atoms with van der Waals surface area (Å²) in [4.78, 5) is 0. The average molecular weight is 187 g/mol. The van der Waals surface area contributed by atoms with Crippen LogP contribution in [0.15, 0.2) is 18.2 Å². The van der Waals surface area contributed by atoms with Gasteiger partial charge in [-0.3, -0.25) is 0 Å². The van der Waals surface area contributed by atoms with Gasteiger partial charge in [-0.05, 0) is 35.9 Å². The van der Waals surface area contributed by atoms with Gasteiger partial charge in [0.2, 0.25) is 0 Å². The van der Waals surface area contributed by atoms with Crippen LogP contribution in [0.25, 0.3) is 0 Å². The zero-order valence-electron chi connectivity index (χ0n) is 7.64.